The van der Waals surface area contributed by atoms with Crippen LogP contribution in [0.1, 0.15) is 11.1 Å². The van der Waals surface area contributed by atoms with Crippen LogP contribution in [0, 0.1) is 13.8 Å². The van der Waals surface area contributed by atoms with Gasteiger partial charge in [0.2, 0.25) is 12.3 Å². The van der Waals surface area contributed by atoms with Crippen LogP contribution in [0.5, 0.6) is 0 Å². The monoisotopic (exact) mass is 275 g/mol. The summed E-state index contributed by atoms with van der Waals surface area (Å²) in [6.07, 6.45) is 0.869. The number of rotatable bonds is 4. The number of nitrogens with zero attached hydrogens (tertiary/aromatic N) is 2. The normalized spacial score (nSPS) is 16.0. The largest absolute Gasteiger partial charge is 0.343 e. The van der Waals surface area contributed by atoms with Gasteiger partial charge in [-0.05, 0) is 25.0 Å². The second-order valence-electron chi connectivity index (χ2n) is 5.23. The summed E-state index contributed by atoms with van der Waals surface area (Å²) in [4.78, 5) is 26.5. The summed E-state index contributed by atoms with van der Waals surface area (Å²) >= 11 is 0. The van der Waals surface area contributed by atoms with Crippen molar-refractivity contribution in [2.75, 3.05) is 38.0 Å². The van der Waals surface area contributed by atoms with Crippen molar-refractivity contribution in [2.24, 2.45) is 0 Å². The van der Waals surface area contributed by atoms with Crippen molar-refractivity contribution in [1.29, 1.82) is 0 Å². The molecule has 5 nitrogen and oxygen atoms in total. The highest BCUT2D eigenvalue weighted by Gasteiger charge is 2.18. The van der Waals surface area contributed by atoms with Crippen LogP contribution in [0.3, 0.4) is 0 Å². The van der Waals surface area contributed by atoms with E-state index in [-0.39, 0.29) is 5.91 Å². The van der Waals surface area contributed by atoms with Crippen molar-refractivity contribution >= 4 is 18.0 Å². The molecule has 1 aromatic carbocycles. The third-order valence-electron chi connectivity index (χ3n) is 3.67. The summed E-state index contributed by atoms with van der Waals surface area (Å²) < 4.78 is 0. The maximum absolute atomic E-state index is 12.1. The van der Waals surface area contributed by atoms with E-state index in [2.05, 4.69) is 10.2 Å². The zero-order chi connectivity index (χ0) is 14.5. The zero-order valence-corrected chi connectivity index (χ0v) is 12.1. The summed E-state index contributed by atoms with van der Waals surface area (Å²) in [5.41, 5.74) is 3.05. The lowest BCUT2D eigenvalue weighted by Crippen LogP contribution is -2.48. The highest BCUT2D eigenvalue weighted by Crippen LogP contribution is 2.19. The third-order valence-corrected chi connectivity index (χ3v) is 3.67. The fourth-order valence-electron chi connectivity index (χ4n) is 2.42. The van der Waals surface area contributed by atoms with Crippen molar-refractivity contribution < 1.29 is 9.59 Å². The molecule has 1 aliphatic rings. The Hall–Kier alpha value is -1.88. The summed E-state index contributed by atoms with van der Waals surface area (Å²) in [7, 11) is 0. The molecule has 0 spiro atoms. The molecule has 20 heavy (non-hydrogen) atoms. The Morgan fingerprint density at radius 2 is 1.80 bits per heavy atom. The van der Waals surface area contributed by atoms with Crippen molar-refractivity contribution in [2.45, 2.75) is 13.8 Å². The molecule has 5 heteroatoms. The molecule has 1 fully saturated rings. The van der Waals surface area contributed by atoms with E-state index >= 15 is 0 Å². The Bertz CT molecular complexity index is 474. The van der Waals surface area contributed by atoms with Gasteiger partial charge in [-0.3, -0.25) is 14.5 Å². The minimum absolute atomic E-state index is 0.00181. The van der Waals surface area contributed by atoms with E-state index in [0.29, 0.717) is 19.6 Å². The van der Waals surface area contributed by atoms with Crippen LogP contribution in [-0.4, -0.2) is 54.8 Å². The summed E-state index contributed by atoms with van der Waals surface area (Å²) in [5, 5.41) is 2.99. The first kappa shape index (κ1) is 14.5. The van der Waals surface area contributed by atoms with Crippen molar-refractivity contribution in [3.63, 3.8) is 0 Å². The van der Waals surface area contributed by atoms with Gasteiger partial charge < -0.3 is 10.2 Å². The zero-order valence-electron chi connectivity index (χ0n) is 12.1. The second-order valence-corrected chi connectivity index (χ2v) is 5.23. The molecule has 1 heterocycles. The second kappa shape index (κ2) is 6.52. The number of carbonyl (C=O) groups is 2. The Balaban J connectivity index is 1.88. The van der Waals surface area contributed by atoms with Gasteiger partial charge in [-0.15, -0.1) is 0 Å². The van der Waals surface area contributed by atoms with Crippen LogP contribution in [-0.2, 0) is 9.59 Å². The number of aryl methyl sites for hydroxylation is 2. The van der Waals surface area contributed by atoms with Gasteiger partial charge in [-0.1, -0.05) is 18.2 Å². The van der Waals surface area contributed by atoms with Gasteiger partial charge in [0.1, 0.15) is 0 Å². The molecule has 0 aromatic heterocycles. The molecule has 0 unspecified atom stereocenters. The summed E-state index contributed by atoms with van der Waals surface area (Å²) in [5.74, 6) is 0.00181. The number of benzene rings is 1. The standard InChI is InChI=1S/C15H21N3O2/c1-12-4-3-5-13(2)15(12)16-14(20)10-17-6-8-18(11-19)9-7-17/h3-5,11H,6-10H2,1-2H3,(H,16,20). The number of carbonyl (C=O) groups excluding carboxylic acids is 2. The van der Waals surface area contributed by atoms with Crippen molar-refractivity contribution in [3.8, 4) is 0 Å². The fraction of sp³-hybridized carbons (Fsp3) is 0.467. The number of anilines is 1. The average Bonchev–Trinajstić information content (AvgIpc) is 2.44. The predicted molar refractivity (Wildman–Crippen MR) is 78.6 cm³/mol. The Morgan fingerprint density at radius 3 is 2.35 bits per heavy atom. The molecule has 2 rings (SSSR count). The number of amides is 2. The molecule has 1 N–H and O–H groups in total. The highest BCUT2D eigenvalue weighted by atomic mass is 16.2. The SMILES string of the molecule is Cc1cccc(C)c1NC(=O)CN1CCN(C=O)CC1. The van der Waals surface area contributed by atoms with E-state index in [4.69, 9.17) is 0 Å². The number of nitrogens with one attached hydrogen (secondary N) is 1. The number of hydrogen-bond donors (Lipinski definition) is 1. The lowest BCUT2D eigenvalue weighted by Gasteiger charge is -2.32. The minimum atomic E-state index is 0.00181. The topological polar surface area (TPSA) is 52.7 Å². The molecule has 1 aromatic rings. The molecule has 1 saturated heterocycles. The Morgan fingerprint density at radius 1 is 1.20 bits per heavy atom. The van der Waals surface area contributed by atoms with Gasteiger partial charge in [-0.25, -0.2) is 0 Å². The molecule has 0 aliphatic carbocycles. The smallest absolute Gasteiger partial charge is 0.238 e. The first-order valence-electron chi connectivity index (χ1n) is 6.88. The molecule has 1 aliphatic heterocycles. The van der Waals surface area contributed by atoms with Crippen molar-refractivity contribution in [3.05, 3.63) is 29.3 Å². The molecular formula is C15H21N3O2. The maximum atomic E-state index is 12.1. The molecule has 0 bridgehead atoms. The molecule has 2 amide bonds. The van der Waals surface area contributed by atoms with Crippen LogP contribution in [0.15, 0.2) is 18.2 Å². The van der Waals surface area contributed by atoms with Crippen LogP contribution in [0.2, 0.25) is 0 Å². The lowest BCUT2D eigenvalue weighted by atomic mass is 10.1. The van der Waals surface area contributed by atoms with E-state index in [1.54, 1.807) is 4.90 Å². The molecule has 108 valence electrons. The van der Waals surface area contributed by atoms with Crippen LogP contribution in [0.4, 0.5) is 5.69 Å². The lowest BCUT2D eigenvalue weighted by molar-refractivity contribution is -0.120. The first-order chi connectivity index (χ1) is 9.60. The van der Waals surface area contributed by atoms with E-state index in [1.807, 2.05) is 32.0 Å². The van der Waals surface area contributed by atoms with E-state index in [0.717, 1.165) is 36.3 Å². The van der Waals surface area contributed by atoms with Gasteiger partial charge in [0.15, 0.2) is 0 Å². The van der Waals surface area contributed by atoms with Crippen LogP contribution in [0.25, 0.3) is 0 Å². The van der Waals surface area contributed by atoms with Crippen molar-refractivity contribution in [1.82, 2.24) is 9.80 Å². The number of piperazine rings is 1. The number of hydrogen-bond acceptors (Lipinski definition) is 3. The van der Waals surface area contributed by atoms with Gasteiger partial charge in [0.05, 0.1) is 6.54 Å². The van der Waals surface area contributed by atoms with Gasteiger partial charge >= 0.3 is 0 Å². The minimum Gasteiger partial charge on any atom is -0.343 e. The third kappa shape index (κ3) is 3.57. The predicted octanol–water partition coefficient (Wildman–Crippen LogP) is 1.02. The molecule has 0 radical (unpaired) electrons. The average molecular weight is 275 g/mol. The fourth-order valence-corrected chi connectivity index (χ4v) is 2.42. The van der Waals surface area contributed by atoms with E-state index in [1.165, 1.54) is 0 Å². The first-order valence-corrected chi connectivity index (χ1v) is 6.88. The van der Waals surface area contributed by atoms with Gasteiger partial charge in [0.25, 0.3) is 0 Å². The Kier molecular flexibility index (Phi) is 4.74. The molecule has 0 atom stereocenters. The quantitative estimate of drug-likeness (QED) is 0.835. The summed E-state index contributed by atoms with van der Waals surface area (Å²) in [6.45, 7) is 7.25. The molecule has 0 saturated carbocycles. The van der Waals surface area contributed by atoms with Gasteiger partial charge in [-0.2, -0.15) is 0 Å². The highest BCUT2D eigenvalue weighted by molar-refractivity contribution is 5.93. The van der Waals surface area contributed by atoms with Crippen LogP contribution < -0.4 is 5.32 Å². The number of para-hydroxylation sites is 1. The van der Waals surface area contributed by atoms with Crippen LogP contribution >= 0.6 is 0 Å². The Labute approximate surface area is 119 Å². The van der Waals surface area contributed by atoms with E-state index in [9.17, 15) is 9.59 Å². The van der Waals surface area contributed by atoms with Gasteiger partial charge in [0, 0.05) is 31.9 Å². The molecular weight excluding hydrogens is 254 g/mol. The summed E-state index contributed by atoms with van der Waals surface area (Å²) in [6, 6.07) is 5.97. The van der Waals surface area contributed by atoms with E-state index < -0.39 is 0 Å². The maximum Gasteiger partial charge on any atom is 0.238 e.